The summed E-state index contributed by atoms with van der Waals surface area (Å²) in [6.07, 6.45) is -4.17. The van der Waals surface area contributed by atoms with Crippen molar-refractivity contribution in [2.75, 3.05) is 20.3 Å². The summed E-state index contributed by atoms with van der Waals surface area (Å²) in [5.41, 5.74) is 0.0552. The second-order valence-electron chi connectivity index (χ2n) is 7.49. The average molecular weight is 462 g/mol. The second-order valence-corrected chi connectivity index (χ2v) is 7.49. The smallest absolute Gasteiger partial charge is 0.336 e. The van der Waals surface area contributed by atoms with E-state index >= 15 is 0 Å². The third kappa shape index (κ3) is 4.45. The number of benzene rings is 2. The van der Waals surface area contributed by atoms with Crippen molar-refractivity contribution in [1.29, 1.82) is 0 Å². The lowest BCUT2D eigenvalue weighted by atomic mass is 9.97. The Labute approximate surface area is 186 Å². The van der Waals surface area contributed by atoms with Crippen molar-refractivity contribution >= 4 is 11.0 Å². The van der Waals surface area contributed by atoms with Crippen LogP contribution in [0.25, 0.3) is 22.1 Å². The van der Waals surface area contributed by atoms with Crippen LogP contribution >= 0.6 is 0 Å². The summed E-state index contributed by atoms with van der Waals surface area (Å²) in [6, 6.07) is 8.07. The second kappa shape index (κ2) is 9.25. The van der Waals surface area contributed by atoms with Crippen LogP contribution in [0.2, 0.25) is 0 Å². The number of methoxy groups -OCH3 is 1. The Hall–Kier alpha value is -3.35. The van der Waals surface area contributed by atoms with Gasteiger partial charge in [-0.25, -0.2) is 4.79 Å². The van der Waals surface area contributed by atoms with Gasteiger partial charge in [-0.2, -0.15) is 4.89 Å². The van der Waals surface area contributed by atoms with Gasteiger partial charge in [-0.05, 0) is 17.7 Å². The standard InChI is InChI=1S/C22H22O11/c1-29-12-5-16-19(13(7-18(26)31-16)10-2-3-14(24)15(25)4-10)17(6-12)32-33-22-21(28)20(27)11(8-23)9-30-22/h2-7,11,20-25,27-28H,8-9H2,1H3. The highest BCUT2D eigenvalue weighted by Crippen LogP contribution is 2.40. The summed E-state index contributed by atoms with van der Waals surface area (Å²) in [5, 5.41) is 49.4. The Balaban J connectivity index is 1.75. The fraction of sp³-hybridized carbons (Fsp3) is 0.318. The van der Waals surface area contributed by atoms with E-state index < -0.39 is 35.8 Å². The Bertz CT molecular complexity index is 1200. The molecule has 11 heteroatoms. The minimum Gasteiger partial charge on any atom is -0.504 e. The molecule has 11 nitrogen and oxygen atoms in total. The zero-order valence-electron chi connectivity index (χ0n) is 17.4. The molecule has 0 aliphatic carbocycles. The number of aliphatic hydroxyl groups excluding tert-OH is 3. The molecular formula is C22H22O11. The normalized spacial score (nSPS) is 22.9. The van der Waals surface area contributed by atoms with Crippen molar-refractivity contribution < 1.29 is 49.2 Å². The molecule has 5 N–H and O–H groups in total. The predicted octanol–water partition coefficient (Wildman–Crippen LogP) is 0.877. The number of aliphatic hydroxyl groups is 3. The Morgan fingerprint density at radius 2 is 1.85 bits per heavy atom. The maximum Gasteiger partial charge on any atom is 0.336 e. The molecule has 2 heterocycles. The number of ether oxygens (including phenoxy) is 2. The number of phenols is 2. The van der Waals surface area contributed by atoms with Crippen molar-refractivity contribution in [2.45, 2.75) is 18.5 Å². The van der Waals surface area contributed by atoms with E-state index in [1.165, 1.54) is 43.5 Å². The van der Waals surface area contributed by atoms with Gasteiger partial charge in [0, 0.05) is 29.7 Å². The molecule has 4 rings (SSSR count). The maximum absolute atomic E-state index is 12.2. The molecule has 0 spiro atoms. The summed E-state index contributed by atoms with van der Waals surface area (Å²) in [5.74, 6) is -1.13. The van der Waals surface area contributed by atoms with Crippen LogP contribution in [-0.2, 0) is 9.62 Å². The lowest BCUT2D eigenvalue weighted by Gasteiger charge is -2.35. The molecule has 0 radical (unpaired) electrons. The summed E-state index contributed by atoms with van der Waals surface area (Å²) < 4.78 is 15.8. The number of rotatable bonds is 6. The molecule has 0 amide bonds. The van der Waals surface area contributed by atoms with Crippen molar-refractivity contribution in [3.63, 3.8) is 0 Å². The number of phenolic OH excluding ortho intramolecular Hbond substituents is 2. The van der Waals surface area contributed by atoms with Gasteiger partial charge in [-0.3, -0.25) is 0 Å². The van der Waals surface area contributed by atoms with Gasteiger partial charge in [0.05, 0.1) is 31.8 Å². The molecule has 3 aromatic rings. The summed E-state index contributed by atoms with van der Waals surface area (Å²) in [7, 11) is 1.39. The van der Waals surface area contributed by atoms with E-state index in [9.17, 15) is 30.3 Å². The Morgan fingerprint density at radius 3 is 2.55 bits per heavy atom. The zero-order valence-corrected chi connectivity index (χ0v) is 17.4. The number of hydrogen-bond acceptors (Lipinski definition) is 11. The van der Waals surface area contributed by atoms with Crippen LogP contribution in [0.3, 0.4) is 0 Å². The first kappa shape index (κ1) is 22.8. The van der Waals surface area contributed by atoms with E-state index in [0.29, 0.717) is 11.1 Å². The summed E-state index contributed by atoms with van der Waals surface area (Å²) >= 11 is 0. The quantitative estimate of drug-likeness (QED) is 0.153. The Kier molecular flexibility index (Phi) is 6.40. The lowest BCUT2D eigenvalue weighted by Crippen LogP contribution is -2.52. The number of hydrogen-bond donors (Lipinski definition) is 5. The van der Waals surface area contributed by atoms with Crippen molar-refractivity contribution in [3.05, 3.63) is 46.8 Å². The highest BCUT2D eigenvalue weighted by atomic mass is 17.2. The molecular weight excluding hydrogens is 440 g/mol. The molecule has 1 saturated heterocycles. The molecule has 1 fully saturated rings. The van der Waals surface area contributed by atoms with Crippen LogP contribution in [-0.4, -0.2) is 64.4 Å². The number of aromatic hydroxyl groups is 2. The zero-order chi connectivity index (χ0) is 23.7. The van der Waals surface area contributed by atoms with Crippen molar-refractivity contribution in [2.24, 2.45) is 5.92 Å². The molecule has 0 saturated carbocycles. The monoisotopic (exact) mass is 462 g/mol. The van der Waals surface area contributed by atoms with Gasteiger partial charge in [0.15, 0.2) is 17.2 Å². The molecule has 1 aliphatic rings. The molecule has 176 valence electrons. The molecule has 1 aromatic heterocycles. The summed E-state index contributed by atoms with van der Waals surface area (Å²) in [4.78, 5) is 22.9. The molecule has 4 unspecified atom stereocenters. The maximum atomic E-state index is 12.2. The van der Waals surface area contributed by atoms with Gasteiger partial charge in [0.25, 0.3) is 0 Å². The van der Waals surface area contributed by atoms with Crippen LogP contribution in [0.4, 0.5) is 0 Å². The van der Waals surface area contributed by atoms with E-state index in [4.69, 9.17) is 23.7 Å². The van der Waals surface area contributed by atoms with Gasteiger partial charge < -0.3 is 44.3 Å². The first-order valence-electron chi connectivity index (χ1n) is 9.92. The van der Waals surface area contributed by atoms with Crippen molar-refractivity contribution in [1.82, 2.24) is 0 Å². The van der Waals surface area contributed by atoms with Crippen LogP contribution in [0.1, 0.15) is 0 Å². The topological polar surface area (TPSA) is 168 Å². The van der Waals surface area contributed by atoms with Gasteiger partial charge in [-0.1, -0.05) is 6.07 Å². The largest absolute Gasteiger partial charge is 0.504 e. The molecule has 33 heavy (non-hydrogen) atoms. The van der Waals surface area contributed by atoms with Gasteiger partial charge in [0.2, 0.25) is 6.29 Å². The fourth-order valence-corrected chi connectivity index (χ4v) is 3.54. The van der Waals surface area contributed by atoms with Crippen LogP contribution < -0.4 is 15.3 Å². The molecule has 4 atom stereocenters. The minimum atomic E-state index is -1.50. The van der Waals surface area contributed by atoms with Gasteiger partial charge in [-0.15, -0.1) is 0 Å². The van der Waals surface area contributed by atoms with E-state index in [2.05, 4.69) is 0 Å². The average Bonchev–Trinajstić information content (AvgIpc) is 2.80. The first-order valence-corrected chi connectivity index (χ1v) is 9.92. The van der Waals surface area contributed by atoms with Crippen molar-refractivity contribution in [3.8, 4) is 34.1 Å². The lowest BCUT2D eigenvalue weighted by molar-refractivity contribution is -0.368. The first-order chi connectivity index (χ1) is 15.8. The highest BCUT2D eigenvalue weighted by molar-refractivity contribution is 5.98. The highest BCUT2D eigenvalue weighted by Gasteiger charge is 2.40. The van der Waals surface area contributed by atoms with E-state index in [0.717, 1.165) is 0 Å². The van der Waals surface area contributed by atoms with E-state index in [1.807, 2.05) is 0 Å². The minimum absolute atomic E-state index is 0.0187. The number of fused-ring (bicyclic) bond motifs is 1. The van der Waals surface area contributed by atoms with E-state index in [1.54, 1.807) is 0 Å². The third-order valence-electron chi connectivity index (χ3n) is 5.36. The van der Waals surface area contributed by atoms with E-state index in [-0.39, 0.29) is 41.4 Å². The fourth-order valence-electron chi connectivity index (χ4n) is 3.54. The Morgan fingerprint density at radius 1 is 1.06 bits per heavy atom. The van der Waals surface area contributed by atoms with Gasteiger partial charge >= 0.3 is 5.63 Å². The molecule has 2 aromatic carbocycles. The predicted molar refractivity (Wildman–Crippen MR) is 112 cm³/mol. The summed E-state index contributed by atoms with van der Waals surface area (Å²) in [6.45, 7) is -0.456. The van der Waals surface area contributed by atoms with Crippen LogP contribution in [0, 0.1) is 5.92 Å². The van der Waals surface area contributed by atoms with Crippen LogP contribution in [0.15, 0.2) is 45.6 Å². The van der Waals surface area contributed by atoms with Crippen LogP contribution in [0.5, 0.6) is 23.0 Å². The van der Waals surface area contributed by atoms with Gasteiger partial charge in [0.1, 0.15) is 17.4 Å². The SMILES string of the molecule is COc1cc(OOC2OCC(CO)C(O)C2O)c2c(-c3ccc(O)c(O)c3)cc(=O)oc2c1. The molecule has 1 aliphatic heterocycles. The molecule has 0 bridgehead atoms. The third-order valence-corrected chi connectivity index (χ3v) is 5.36.